The summed E-state index contributed by atoms with van der Waals surface area (Å²) in [7, 11) is 0. The van der Waals surface area contributed by atoms with E-state index < -0.39 is 0 Å². The Hall–Kier alpha value is -1.40. The van der Waals surface area contributed by atoms with Gasteiger partial charge in [0.15, 0.2) is 0 Å². The van der Waals surface area contributed by atoms with Gasteiger partial charge in [-0.05, 0) is 12.8 Å². The fraction of sp³-hybridized carbons (Fsp3) is 0.733. The van der Waals surface area contributed by atoms with Crippen molar-refractivity contribution in [2.24, 2.45) is 0 Å². The second kappa shape index (κ2) is 5.42. The molecule has 1 aromatic rings. The van der Waals surface area contributed by atoms with Crippen molar-refractivity contribution < 1.29 is 4.74 Å². The van der Waals surface area contributed by atoms with E-state index in [9.17, 15) is 0 Å². The number of hydrogen-bond acceptors (Lipinski definition) is 6. The molecule has 0 spiro atoms. The van der Waals surface area contributed by atoms with E-state index in [4.69, 9.17) is 10.5 Å². The van der Waals surface area contributed by atoms with Gasteiger partial charge in [-0.3, -0.25) is 0 Å². The Balaban J connectivity index is 1.57. The highest BCUT2D eigenvalue weighted by Crippen LogP contribution is 2.35. The Labute approximate surface area is 125 Å². The van der Waals surface area contributed by atoms with Gasteiger partial charge < -0.3 is 20.7 Å². The number of nitrogens with zero attached hydrogens (tertiary/aromatic N) is 3. The molecule has 2 aliphatic heterocycles. The van der Waals surface area contributed by atoms with Crippen LogP contribution in [0.3, 0.4) is 0 Å². The van der Waals surface area contributed by atoms with Gasteiger partial charge in [0, 0.05) is 31.6 Å². The van der Waals surface area contributed by atoms with Crippen molar-refractivity contribution in [2.45, 2.75) is 43.7 Å². The van der Waals surface area contributed by atoms with Crippen molar-refractivity contribution in [1.29, 1.82) is 0 Å². The highest BCUT2D eigenvalue weighted by molar-refractivity contribution is 5.46. The van der Waals surface area contributed by atoms with Gasteiger partial charge in [0.2, 0.25) is 5.95 Å². The summed E-state index contributed by atoms with van der Waals surface area (Å²) in [5, 5.41) is 3.52. The van der Waals surface area contributed by atoms with Crippen molar-refractivity contribution in [1.82, 2.24) is 15.3 Å². The minimum Gasteiger partial charge on any atom is -0.373 e. The van der Waals surface area contributed by atoms with Crippen LogP contribution in [0.25, 0.3) is 0 Å². The lowest BCUT2D eigenvalue weighted by Gasteiger charge is -2.25. The largest absolute Gasteiger partial charge is 0.373 e. The predicted octanol–water partition coefficient (Wildman–Crippen LogP) is 0.893. The van der Waals surface area contributed by atoms with Gasteiger partial charge >= 0.3 is 0 Å². The Morgan fingerprint density at radius 1 is 1.24 bits per heavy atom. The van der Waals surface area contributed by atoms with Crippen molar-refractivity contribution in [3.8, 4) is 0 Å². The molecule has 1 aromatic heterocycles. The molecule has 0 amide bonds. The third-order valence-electron chi connectivity index (χ3n) is 4.95. The third kappa shape index (κ3) is 2.58. The maximum absolute atomic E-state index is 5.95. The molecule has 3 fully saturated rings. The summed E-state index contributed by atoms with van der Waals surface area (Å²) < 4.78 is 5.84. The molecule has 2 unspecified atom stereocenters. The Bertz CT molecular complexity index is 503. The number of rotatable bonds is 2. The number of nitrogens with one attached hydrogen (secondary N) is 1. The zero-order chi connectivity index (χ0) is 14.2. The smallest absolute Gasteiger partial charge is 0.222 e. The summed E-state index contributed by atoms with van der Waals surface area (Å²) in [6.07, 6.45) is 5.33. The van der Waals surface area contributed by atoms with E-state index in [1.165, 1.54) is 25.7 Å². The molecule has 1 aliphatic carbocycles. The molecular formula is C15H23N5O. The number of nitrogens with two attached hydrogens (primary N) is 1. The van der Waals surface area contributed by atoms with Crippen LogP contribution in [0.1, 0.15) is 37.3 Å². The van der Waals surface area contributed by atoms with Crippen molar-refractivity contribution in [3.63, 3.8) is 0 Å². The number of aromatic nitrogens is 2. The molecule has 0 radical (unpaired) electrons. The van der Waals surface area contributed by atoms with Gasteiger partial charge in [-0.15, -0.1) is 0 Å². The second-order valence-corrected chi connectivity index (χ2v) is 6.37. The summed E-state index contributed by atoms with van der Waals surface area (Å²) >= 11 is 0. The highest BCUT2D eigenvalue weighted by Gasteiger charge is 2.36. The Morgan fingerprint density at radius 2 is 2.10 bits per heavy atom. The summed E-state index contributed by atoms with van der Waals surface area (Å²) in [6, 6.07) is 2.55. The van der Waals surface area contributed by atoms with Crippen LogP contribution in [0.15, 0.2) is 6.07 Å². The molecule has 3 N–H and O–H groups in total. The van der Waals surface area contributed by atoms with E-state index in [2.05, 4.69) is 26.3 Å². The molecule has 21 heavy (non-hydrogen) atoms. The quantitative estimate of drug-likeness (QED) is 0.842. The Morgan fingerprint density at radius 3 is 2.90 bits per heavy atom. The minimum absolute atomic E-state index is 0.268. The van der Waals surface area contributed by atoms with E-state index in [0.29, 0.717) is 17.9 Å². The summed E-state index contributed by atoms with van der Waals surface area (Å²) in [4.78, 5) is 11.2. The lowest BCUT2D eigenvalue weighted by Crippen LogP contribution is -2.47. The molecule has 3 aliphatic rings. The average Bonchev–Trinajstić information content (AvgIpc) is 3.16. The van der Waals surface area contributed by atoms with Gasteiger partial charge in [0.25, 0.3) is 0 Å². The molecule has 6 heteroatoms. The fourth-order valence-corrected chi connectivity index (χ4v) is 3.84. The lowest BCUT2D eigenvalue weighted by atomic mass is 10.0. The molecule has 2 atom stereocenters. The molecule has 6 nitrogen and oxygen atoms in total. The van der Waals surface area contributed by atoms with Crippen LogP contribution in [0.2, 0.25) is 0 Å². The summed E-state index contributed by atoms with van der Waals surface area (Å²) in [5.41, 5.74) is 7.07. The van der Waals surface area contributed by atoms with Crippen LogP contribution in [-0.2, 0) is 4.74 Å². The first-order valence-electron chi connectivity index (χ1n) is 8.04. The number of fused-ring (bicyclic) bond motifs is 1. The topological polar surface area (TPSA) is 76.3 Å². The van der Waals surface area contributed by atoms with E-state index in [0.717, 1.165) is 37.8 Å². The summed E-state index contributed by atoms with van der Waals surface area (Å²) in [6.45, 7) is 3.56. The molecule has 1 saturated carbocycles. The van der Waals surface area contributed by atoms with Gasteiger partial charge in [-0.2, -0.15) is 4.98 Å². The summed E-state index contributed by atoms with van der Waals surface area (Å²) in [5.74, 6) is 1.93. The first kappa shape index (κ1) is 13.3. The monoisotopic (exact) mass is 289 g/mol. The SMILES string of the molecule is Nc1nc(C2CCCC2)cc(N2CC3NCCOC3C2)n1. The van der Waals surface area contributed by atoms with Gasteiger partial charge in [-0.25, -0.2) is 4.98 Å². The first-order valence-corrected chi connectivity index (χ1v) is 8.04. The normalized spacial score (nSPS) is 29.8. The molecular weight excluding hydrogens is 266 g/mol. The van der Waals surface area contributed by atoms with Crippen LogP contribution in [0, 0.1) is 0 Å². The number of ether oxygens (including phenoxy) is 1. The van der Waals surface area contributed by atoms with Gasteiger partial charge in [-0.1, -0.05) is 12.8 Å². The molecule has 2 saturated heterocycles. The van der Waals surface area contributed by atoms with E-state index in [1.807, 2.05) is 0 Å². The Kier molecular flexibility index (Phi) is 3.43. The number of nitrogen functional groups attached to an aromatic ring is 1. The molecule has 0 bridgehead atoms. The van der Waals surface area contributed by atoms with Crippen molar-refractivity contribution >= 4 is 11.8 Å². The average molecular weight is 289 g/mol. The zero-order valence-corrected chi connectivity index (χ0v) is 12.3. The zero-order valence-electron chi connectivity index (χ0n) is 12.3. The van der Waals surface area contributed by atoms with Crippen molar-refractivity contribution in [3.05, 3.63) is 11.8 Å². The van der Waals surface area contributed by atoms with Crippen LogP contribution >= 0.6 is 0 Å². The molecule has 4 rings (SSSR count). The van der Waals surface area contributed by atoms with Crippen LogP contribution < -0.4 is 16.0 Å². The van der Waals surface area contributed by atoms with Gasteiger partial charge in [0.05, 0.1) is 24.4 Å². The number of anilines is 2. The minimum atomic E-state index is 0.268. The predicted molar refractivity (Wildman–Crippen MR) is 81.4 cm³/mol. The number of morpholine rings is 1. The second-order valence-electron chi connectivity index (χ2n) is 6.37. The maximum atomic E-state index is 5.95. The fourth-order valence-electron chi connectivity index (χ4n) is 3.84. The third-order valence-corrected chi connectivity index (χ3v) is 4.95. The van der Waals surface area contributed by atoms with Gasteiger partial charge in [0.1, 0.15) is 5.82 Å². The first-order chi connectivity index (χ1) is 10.3. The maximum Gasteiger partial charge on any atom is 0.222 e. The van der Waals surface area contributed by atoms with E-state index in [-0.39, 0.29) is 6.10 Å². The lowest BCUT2D eigenvalue weighted by molar-refractivity contribution is 0.0212. The standard InChI is InChI=1S/C15H23N5O/c16-15-18-11(10-3-1-2-4-10)7-14(19-15)20-8-12-13(9-20)21-6-5-17-12/h7,10,12-13,17H,1-6,8-9H2,(H2,16,18,19). The van der Waals surface area contributed by atoms with Crippen LogP contribution in [0.4, 0.5) is 11.8 Å². The molecule has 114 valence electrons. The molecule has 3 heterocycles. The van der Waals surface area contributed by atoms with Crippen molar-refractivity contribution in [2.75, 3.05) is 36.9 Å². The van der Waals surface area contributed by atoms with Crippen LogP contribution in [0.5, 0.6) is 0 Å². The highest BCUT2D eigenvalue weighted by atomic mass is 16.5. The number of hydrogen-bond donors (Lipinski definition) is 2. The van der Waals surface area contributed by atoms with Crippen LogP contribution in [-0.4, -0.2) is 48.4 Å². The van der Waals surface area contributed by atoms with E-state index in [1.54, 1.807) is 0 Å². The van der Waals surface area contributed by atoms with E-state index >= 15 is 0 Å². The molecule has 0 aromatic carbocycles.